The van der Waals surface area contributed by atoms with Gasteiger partial charge in [-0.05, 0) is 30.5 Å². The first-order valence-corrected chi connectivity index (χ1v) is 7.71. The molecule has 0 aliphatic rings. The fraction of sp³-hybridized carbons (Fsp3) is 0.529. The van der Waals surface area contributed by atoms with Crippen LogP contribution in [0.2, 0.25) is 0 Å². The molecule has 0 fully saturated rings. The van der Waals surface area contributed by atoms with Crippen molar-refractivity contribution >= 4 is 0 Å². The first-order valence-electron chi connectivity index (χ1n) is 7.71. The molecule has 4 heteroatoms. The summed E-state index contributed by atoms with van der Waals surface area (Å²) in [4.78, 5) is 0. The first-order chi connectivity index (χ1) is 9.97. The van der Waals surface area contributed by atoms with Gasteiger partial charge in [-0.2, -0.15) is 0 Å². The van der Waals surface area contributed by atoms with Crippen molar-refractivity contribution in [1.29, 1.82) is 0 Å². The van der Waals surface area contributed by atoms with Crippen molar-refractivity contribution < 1.29 is 0 Å². The van der Waals surface area contributed by atoms with E-state index >= 15 is 0 Å². The van der Waals surface area contributed by atoms with Crippen molar-refractivity contribution in [3.8, 4) is 5.69 Å². The third kappa shape index (κ3) is 3.50. The number of unbranched alkanes of at least 4 members (excludes halogenated alkanes) is 1. The highest BCUT2D eigenvalue weighted by atomic mass is 15.4. The molecular weight excluding hydrogens is 260 g/mol. The SMILES string of the molecule is CCCCc1ccc(-n2nnc(CN)c2C(C)(C)C)cc1. The zero-order chi connectivity index (χ0) is 15.5. The Kier molecular flexibility index (Phi) is 4.78. The van der Waals surface area contributed by atoms with E-state index in [9.17, 15) is 0 Å². The number of nitrogens with zero attached hydrogens (tertiary/aromatic N) is 3. The van der Waals surface area contributed by atoms with Crippen molar-refractivity contribution in [3.63, 3.8) is 0 Å². The molecule has 4 nitrogen and oxygen atoms in total. The molecule has 2 rings (SSSR count). The van der Waals surface area contributed by atoms with E-state index in [2.05, 4.69) is 62.3 Å². The fourth-order valence-corrected chi connectivity index (χ4v) is 2.57. The summed E-state index contributed by atoms with van der Waals surface area (Å²) < 4.78 is 1.92. The molecule has 2 N–H and O–H groups in total. The topological polar surface area (TPSA) is 56.7 Å². The van der Waals surface area contributed by atoms with E-state index in [-0.39, 0.29) is 5.41 Å². The second-order valence-electron chi connectivity index (χ2n) is 6.52. The van der Waals surface area contributed by atoms with Gasteiger partial charge in [-0.25, -0.2) is 4.68 Å². The second kappa shape index (κ2) is 6.39. The molecule has 0 saturated carbocycles. The third-order valence-electron chi connectivity index (χ3n) is 3.64. The maximum atomic E-state index is 5.80. The lowest BCUT2D eigenvalue weighted by molar-refractivity contribution is 0.537. The largest absolute Gasteiger partial charge is 0.325 e. The van der Waals surface area contributed by atoms with Gasteiger partial charge in [-0.15, -0.1) is 5.10 Å². The predicted molar refractivity (Wildman–Crippen MR) is 86.6 cm³/mol. The Balaban J connectivity index is 2.36. The van der Waals surface area contributed by atoms with Crippen LogP contribution in [0, 0.1) is 0 Å². The highest BCUT2D eigenvalue weighted by molar-refractivity contribution is 5.37. The van der Waals surface area contributed by atoms with Crippen LogP contribution in [0.5, 0.6) is 0 Å². The van der Waals surface area contributed by atoms with Crippen LogP contribution in [-0.2, 0) is 18.4 Å². The standard InChI is InChI=1S/C17H26N4/c1-5-6-7-13-8-10-14(11-9-13)21-16(17(2,3)4)15(12-18)19-20-21/h8-11H,5-7,12,18H2,1-4H3. The van der Waals surface area contributed by atoms with E-state index in [0.717, 1.165) is 23.5 Å². The lowest BCUT2D eigenvalue weighted by Gasteiger charge is -2.21. The summed E-state index contributed by atoms with van der Waals surface area (Å²) in [6.45, 7) is 9.12. The molecule has 0 bridgehead atoms. The van der Waals surface area contributed by atoms with Gasteiger partial charge >= 0.3 is 0 Å². The highest BCUT2D eigenvalue weighted by Crippen LogP contribution is 2.27. The number of rotatable bonds is 5. The summed E-state index contributed by atoms with van der Waals surface area (Å²) >= 11 is 0. The van der Waals surface area contributed by atoms with Gasteiger partial charge in [0.15, 0.2) is 0 Å². The monoisotopic (exact) mass is 286 g/mol. The van der Waals surface area contributed by atoms with Gasteiger partial charge in [0.05, 0.1) is 11.4 Å². The summed E-state index contributed by atoms with van der Waals surface area (Å²) in [7, 11) is 0. The number of nitrogens with two attached hydrogens (primary N) is 1. The van der Waals surface area contributed by atoms with E-state index < -0.39 is 0 Å². The Morgan fingerprint density at radius 2 is 1.81 bits per heavy atom. The molecule has 114 valence electrons. The van der Waals surface area contributed by atoms with Crippen LogP contribution in [0.1, 0.15) is 57.5 Å². The van der Waals surface area contributed by atoms with E-state index in [1.165, 1.54) is 18.4 Å². The van der Waals surface area contributed by atoms with E-state index in [1.807, 2.05) is 4.68 Å². The zero-order valence-corrected chi connectivity index (χ0v) is 13.6. The van der Waals surface area contributed by atoms with Crippen molar-refractivity contribution in [2.45, 2.75) is 58.9 Å². The van der Waals surface area contributed by atoms with Crippen LogP contribution < -0.4 is 5.73 Å². The molecule has 0 spiro atoms. The molecule has 0 radical (unpaired) electrons. The van der Waals surface area contributed by atoms with Crippen LogP contribution in [0.15, 0.2) is 24.3 Å². The number of aryl methyl sites for hydroxylation is 1. The second-order valence-corrected chi connectivity index (χ2v) is 6.52. The smallest absolute Gasteiger partial charge is 0.100 e. The minimum atomic E-state index is -0.0426. The summed E-state index contributed by atoms with van der Waals surface area (Å²) in [5.41, 5.74) is 10.1. The predicted octanol–water partition coefficient (Wildman–Crippen LogP) is 3.37. The number of benzene rings is 1. The summed E-state index contributed by atoms with van der Waals surface area (Å²) in [6, 6.07) is 8.60. The lowest BCUT2D eigenvalue weighted by atomic mass is 9.90. The van der Waals surface area contributed by atoms with Crippen molar-refractivity contribution in [3.05, 3.63) is 41.2 Å². The fourth-order valence-electron chi connectivity index (χ4n) is 2.57. The first kappa shape index (κ1) is 15.7. The van der Waals surface area contributed by atoms with Crippen molar-refractivity contribution in [2.75, 3.05) is 0 Å². The summed E-state index contributed by atoms with van der Waals surface area (Å²) in [6.07, 6.45) is 3.58. The van der Waals surface area contributed by atoms with Crippen molar-refractivity contribution in [2.24, 2.45) is 5.73 Å². The molecule has 0 saturated heterocycles. The Labute approximate surface area is 127 Å². The average Bonchev–Trinajstić information content (AvgIpc) is 2.89. The number of hydrogen-bond donors (Lipinski definition) is 1. The molecule has 21 heavy (non-hydrogen) atoms. The maximum absolute atomic E-state index is 5.80. The molecule has 0 atom stereocenters. The molecule has 1 aromatic heterocycles. The molecule has 1 aromatic carbocycles. The van der Waals surface area contributed by atoms with Gasteiger partial charge in [-0.1, -0.05) is 51.5 Å². The lowest BCUT2D eigenvalue weighted by Crippen LogP contribution is -2.20. The van der Waals surface area contributed by atoms with Crippen molar-refractivity contribution in [1.82, 2.24) is 15.0 Å². The van der Waals surface area contributed by atoms with Gasteiger partial charge in [0, 0.05) is 12.0 Å². The minimum absolute atomic E-state index is 0.0426. The zero-order valence-electron chi connectivity index (χ0n) is 13.6. The summed E-state index contributed by atoms with van der Waals surface area (Å²) in [5, 5.41) is 8.54. The molecule has 0 aliphatic heterocycles. The molecule has 0 amide bonds. The van der Waals surface area contributed by atoms with E-state index in [4.69, 9.17) is 5.73 Å². The van der Waals surface area contributed by atoms with E-state index in [1.54, 1.807) is 0 Å². The minimum Gasteiger partial charge on any atom is -0.325 e. The average molecular weight is 286 g/mol. The highest BCUT2D eigenvalue weighted by Gasteiger charge is 2.25. The number of hydrogen-bond acceptors (Lipinski definition) is 3. The Hall–Kier alpha value is -1.68. The molecular formula is C17H26N4. The Morgan fingerprint density at radius 3 is 2.33 bits per heavy atom. The Morgan fingerprint density at radius 1 is 1.14 bits per heavy atom. The quantitative estimate of drug-likeness (QED) is 0.917. The van der Waals surface area contributed by atoms with Crippen LogP contribution in [0.3, 0.4) is 0 Å². The Bertz CT molecular complexity index is 576. The maximum Gasteiger partial charge on any atom is 0.100 e. The third-order valence-corrected chi connectivity index (χ3v) is 3.64. The normalized spacial score (nSPS) is 11.9. The number of aromatic nitrogens is 3. The van der Waals surface area contributed by atoms with Crippen LogP contribution in [0.25, 0.3) is 5.69 Å². The van der Waals surface area contributed by atoms with Gasteiger partial charge in [0.25, 0.3) is 0 Å². The van der Waals surface area contributed by atoms with Gasteiger partial charge < -0.3 is 5.73 Å². The van der Waals surface area contributed by atoms with Gasteiger partial charge in [-0.3, -0.25) is 0 Å². The molecule has 0 aliphatic carbocycles. The van der Waals surface area contributed by atoms with Crippen LogP contribution in [-0.4, -0.2) is 15.0 Å². The molecule has 0 unspecified atom stereocenters. The molecule has 2 aromatic rings. The molecule has 1 heterocycles. The van der Waals surface area contributed by atoms with E-state index in [0.29, 0.717) is 6.54 Å². The van der Waals surface area contributed by atoms with Crippen LogP contribution >= 0.6 is 0 Å². The van der Waals surface area contributed by atoms with Gasteiger partial charge in [0.1, 0.15) is 5.69 Å². The van der Waals surface area contributed by atoms with Gasteiger partial charge in [0.2, 0.25) is 0 Å². The van der Waals surface area contributed by atoms with Crippen LogP contribution in [0.4, 0.5) is 0 Å². The summed E-state index contributed by atoms with van der Waals surface area (Å²) in [5.74, 6) is 0.